The topological polar surface area (TPSA) is 24.1 Å². The van der Waals surface area contributed by atoms with Crippen LogP contribution in [0.5, 0.6) is 0 Å². The minimum absolute atomic E-state index is 0. The molecule has 0 unspecified atom stereocenters. The van der Waals surface area contributed by atoms with Crippen molar-refractivity contribution in [3.05, 3.63) is 0 Å². The van der Waals surface area contributed by atoms with Crippen molar-refractivity contribution in [1.29, 1.82) is 0 Å². The van der Waals surface area contributed by atoms with Crippen molar-refractivity contribution >= 4 is 24.8 Å². The first-order chi connectivity index (χ1) is 5.55. The van der Waals surface area contributed by atoms with Gasteiger partial charge in [0.1, 0.15) is 6.67 Å². The summed E-state index contributed by atoms with van der Waals surface area (Å²) in [4.78, 5) is 0. The summed E-state index contributed by atoms with van der Waals surface area (Å²) in [5.41, 5.74) is -0.370. The van der Waals surface area contributed by atoms with E-state index in [9.17, 15) is 4.39 Å². The van der Waals surface area contributed by atoms with E-state index in [2.05, 4.69) is 17.6 Å². The molecule has 1 aliphatic heterocycles. The van der Waals surface area contributed by atoms with Gasteiger partial charge in [0.05, 0.1) is 0 Å². The molecule has 0 bridgehead atoms. The molecule has 1 aliphatic rings. The van der Waals surface area contributed by atoms with E-state index in [0.717, 1.165) is 13.0 Å². The van der Waals surface area contributed by atoms with Gasteiger partial charge in [0.15, 0.2) is 0 Å². The van der Waals surface area contributed by atoms with Gasteiger partial charge >= 0.3 is 0 Å². The third-order valence-corrected chi connectivity index (χ3v) is 2.44. The summed E-state index contributed by atoms with van der Waals surface area (Å²) in [6, 6.07) is 0.895. The van der Waals surface area contributed by atoms with Gasteiger partial charge in [0.25, 0.3) is 0 Å². The van der Waals surface area contributed by atoms with Gasteiger partial charge in [0.2, 0.25) is 0 Å². The monoisotopic (exact) mass is 246 g/mol. The molecule has 0 amide bonds. The van der Waals surface area contributed by atoms with Crippen LogP contribution in [0.2, 0.25) is 0 Å². The predicted octanol–water partition coefficient (Wildman–Crippen LogP) is 1.92. The van der Waals surface area contributed by atoms with Gasteiger partial charge in [-0.15, -0.1) is 24.8 Å². The smallest absolute Gasteiger partial charge is 0.107 e. The van der Waals surface area contributed by atoms with Gasteiger partial charge in [-0.25, -0.2) is 4.39 Å². The summed E-state index contributed by atoms with van der Waals surface area (Å²) >= 11 is 0. The van der Waals surface area contributed by atoms with Crippen LogP contribution in [-0.4, -0.2) is 30.8 Å². The maximum Gasteiger partial charge on any atom is 0.107 e. The number of halogens is 3. The molecule has 14 heavy (non-hydrogen) atoms. The highest BCUT2D eigenvalue weighted by molar-refractivity contribution is 5.85. The maximum atomic E-state index is 12.5. The fourth-order valence-electron chi connectivity index (χ4n) is 1.60. The Morgan fingerprint density at radius 2 is 2.00 bits per heavy atom. The lowest BCUT2D eigenvalue weighted by atomic mass is 10.0. The fraction of sp³-hybridized carbons (Fsp3) is 1.00. The van der Waals surface area contributed by atoms with Crippen molar-refractivity contribution in [3.63, 3.8) is 0 Å². The normalized spacial score (nSPS) is 26.6. The number of nitrogens with one attached hydrogen (secondary N) is 2. The Kier molecular flexibility index (Phi) is 8.22. The Labute approximate surface area is 98.2 Å². The highest BCUT2D eigenvalue weighted by Crippen LogP contribution is 2.12. The third kappa shape index (κ3) is 4.78. The van der Waals surface area contributed by atoms with Gasteiger partial charge < -0.3 is 10.6 Å². The second-order valence-corrected chi connectivity index (χ2v) is 4.30. The summed E-state index contributed by atoms with van der Waals surface area (Å²) in [6.07, 6.45) is 1.10. The quantitative estimate of drug-likeness (QED) is 0.796. The van der Waals surface area contributed by atoms with Gasteiger partial charge in [0, 0.05) is 17.6 Å². The average Bonchev–Trinajstić information content (AvgIpc) is 2.36. The van der Waals surface area contributed by atoms with Crippen molar-refractivity contribution in [1.82, 2.24) is 10.6 Å². The zero-order valence-electron chi connectivity index (χ0n) is 8.97. The van der Waals surface area contributed by atoms with Crippen molar-refractivity contribution in [3.8, 4) is 0 Å². The molecule has 0 radical (unpaired) electrons. The van der Waals surface area contributed by atoms with Crippen molar-refractivity contribution in [2.45, 2.75) is 44.8 Å². The van der Waals surface area contributed by atoms with Crippen LogP contribution in [0.25, 0.3) is 0 Å². The van der Waals surface area contributed by atoms with Crippen LogP contribution in [0.1, 0.15) is 27.2 Å². The molecule has 2 nitrogen and oxygen atoms in total. The van der Waals surface area contributed by atoms with Gasteiger partial charge in [-0.1, -0.05) is 0 Å². The number of hydrogen-bond acceptors (Lipinski definition) is 2. The van der Waals surface area contributed by atoms with Crippen LogP contribution in [0.15, 0.2) is 0 Å². The van der Waals surface area contributed by atoms with Crippen molar-refractivity contribution in [2.24, 2.45) is 0 Å². The van der Waals surface area contributed by atoms with E-state index in [0.29, 0.717) is 12.1 Å². The van der Waals surface area contributed by atoms with Crippen molar-refractivity contribution in [2.75, 3.05) is 13.2 Å². The molecule has 0 aromatic rings. The lowest BCUT2D eigenvalue weighted by molar-refractivity contribution is 0.253. The molecule has 0 aliphatic carbocycles. The highest BCUT2D eigenvalue weighted by Gasteiger charge is 2.28. The molecule has 88 valence electrons. The van der Waals surface area contributed by atoms with Crippen LogP contribution in [0, 0.1) is 0 Å². The largest absolute Gasteiger partial charge is 0.313 e. The number of hydrogen-bond donors (Lipinski definition) is 2. The van der Waals surface area contributed by atoms with Crippen molar-refractivity contribution < 1.29 is 4.39 Å². The standard InChI is InChI=1S/C9H19FN2.2ClH/c1-7-8(4-5-11-7)12-9(2,3)6-10;;/h7-8,11-12H,4-6H2,1-3H3;2*1H/t7-,8-;;/m0../s1. The highest BCUT2D eigenvalue weighted by atomic mass is 35.5. The van der Waals surface area contributed by atoms with E-state index >= 15 is 0 Å². The molecule has 1 rings (SSSR count). The summed E-state index contributed by atoms with van der Waals surface area (Å²) < 4.78 is 12.5. The Balaban J connectivity index is 0. The first kappa shape index (κ1) is 16.8. The van der Waals surface area contributed by atoms with E-state index in [1.165, 1.54) is 0 Å². The van der Waals surface area contributed by atoms with Gasteiger partial charge in [-0.3, -0.25) is 0 Å². The fourth-order valence-corrected chi connectivity index (χ4v) is 1.60. The Hall–Kier alpha value is 0.430. The Bertz CT molecular complexity index is 156. The predicted molar refractivity (Wildman–Crippen MR) is 63.6 cm³/mol. The molecule has 0 aromatic carbocycles. The second-order valence-electron chi connectivity index (χ2n) is 4.30. The summed E-state index contributed by atoms with van der Waals surface area (Å²) in [5, 5.41) is 6.65. The minimum Gasteiger partial charge on any atom is -0.313 e. The average molecular weight is 247 g/mol. The summed E-state index contributed by atoms with van der Waals surface area (Å²) in [7, 11) is 0. The molecule has 0 saturated carbocycles. The molecule has 0 aromatic heterocycles. The lowest BCUT2D eigenvalue weighted by Gasteiger charge is -2.29. The minimum atomic E-state index is -0.370. The molecule has 1 saturated heterocycles. The maximum absolute atomic E-state index is 12.5. The van der Waals surface area contributed by atoms with Crippen LogP contribution < -0.4 is 10.6 Å². The molecule has 0 spiro atoms. The third-order valence-electron chi connectivity index (χ3n) is 2.44. The Morgan fingerprint density at radius 1 is 1.43 bits per heavy atom. The van der Waals surface area contributed by atoms with E-state index in [-0.39, 0.29) is 37.0 Å². The number of rotatable bonds is 3. The van der Waals surface area contributed by atoms with Crippen LogP contribution in [-0.2, 0) is 0 Å². The molecular formula is C9H21Cl2FN2. The SMILES string of the molecule is C[C@@H]1NCC[C@@H]1NC(C)(C)CF.Cl.Cl. The van der Waals surface area contributed by atoms with E-state index in [1.807, 2.05) is 13.8 Å². The van der Waals surface area contributed by atoms with Crippen LogP contribution in [0.3, 0.4) is 0 Å². The zero-order chi connectivity index (χ0) is 9.19. The molecule has 1 fully saturated rings. The van der Waals surface area contributed by atoms with Crippen LogP contribution >= 0.6 is 24.8 Å². The lowest BCUT2D eigenvalue weighted by Crippen LogP contribution is -2.51. The van der Waals surface area contributed by atoms with Gasteiger partial charge in [-0.05, 0) is 33.7 Å². The first-order valence-corrected chi connectivity index (χ1v) is 4.62. The summed E-state index contributed by atoms with van der Waals surface area (Å²) in [6.45, 7) is 6.67. The zero-order valence-corrected chi connectivity index (χ0v) is 10.6. The van der Waals surface area contributed by atoms with E-state index in [1.54, 1.807) is 0 Å². The van der Waals surface area contributed by atoms with E-state index < -0.39 is 0 Å². The molecule has 5 heteroatoms. The summed E-state index contributed by atoms with van der Waals surface area (Å²) in [5.74, 6) is 0. The second kappa shape index (κ2) is 6.83. The van der Waals surface area contributed by atoms with Crippen LogP contribution in [0.4, 0.5) is 4.39 Å². The van der Waals surface area contributed by atoms with E-state index in [4.69, 9.17) is 0 Å². The van der Waals surface area contributed by atoms with Gasteiger partial charge in [-0.2, -0.15) is 0 Å². The Morgan fingerprint density at radius 3 is 2.36 bits per heavy atom. The first-order valence-electron chi connectivity index (χ1n) is 4.62. The number of alkyl halides is 1. The molecular weight excluding hydrogens is 226 g/mol. The molecule has 1 heterocycles. The molecule has 2 N–H and O–H groups in total. The molecule has 2 atom stereocenters.